The van der Waals surface area contributed by atoms with Crippen LogP contribution in [0.2, 0.25) is 0 Å². The van der Waals surface area contributed by atoms with Gasteiger partial charge in [-0.05, 0) is 42.4 Å². The maximum absolute atomic E-state index is 13.4. The molecule has 0 aromatic rings. The van der Waals surface area contributed by atoms with Crippen molar-refractivity contribution >= 4 is 11.7 Å². The quantitative estimate of drug-likeness (QED) is 0.165. The lowest BCUT2D eigenvalue weighted by molar-refractivity contribution is -0.127. The summed E-state index contributed by atoms with van der Waals surface area (Å²) in [7, 11) is 0. The number of ether oxygens (including phenoxy) is 2. The number of hydrogen-bond acceptors (Lipinski definition) is 4. The number of amides is 1. The minimum Gasteiger partial charge on any atom is -0.379 e. The Balaban J connectivity index is 4.71. The van der Waals surface area contributed by atoms with Gasteiger partial charge in [0.05, 0.1) is 26.4 Å². The second-order valence-electron chi connectivity index (χ2n) is 12.0. The highest BCUT2D eigenvalue weighted by Gasteiger charge is 2.31. The normalized spacial score (nSPS) is 14.7. The lowest BCUT2D eigenvalue weighted by Crippen LogP contribution is -2.31. The summed E-state index contributed by atoms with van der Waals surface area (Å²) in [5, 5.41) is 2.83. The smallest absolute Gasteiger partial charge is 0.222 e. The Kier molecular flexibility index (Phi) is 19.6. The van der Waals surface area contributed by atoms with Crippen molar-refractivity contribution in [1.82, 2.24) is 5.32 Å². The van der Waals surface area contributed by atoms with E-state index in [0.717, 1.165) is 19.3 Å². The predicted molar refractivity (Wildman–Crippen MR) is 147 cm³/mol. The molecule has 0 aromatic heterocycles. The van der Waals surface area contributed by atoms with Crippen molar-refractivity contribution in [3.8, 4) is 0 Å². The molecule has 0 saturated carbocycles. The average molecular weight is 498 g/mol. The standard InChI is InChI=1S/C30H59NO4/c1-22(2)10-13-26(9)27(14-11-23(3)4)28(15-12-24(5)6)29(32)16-18-34-20-21-35-19-17-31-30(33)25(7)8/h22-28H,10-21H2,1-9H3,(H,31,33). The fourth-order valence-corrected chi connectivity index (χ4v) is 4.48. The number of nitrogens with one attached hydrogen (secondary N) is 1. The van der Waals surface area contributed by atoms with E-state index in [-0.39, 0.29) is 17.7 Å². The van der Waals surface area contributed by atoms with E-state index in [1.54, 1.807) is 0 Å². The Labute approximate surface area is 217 Å². The maximum Gasteiger partial charge on any atom is 0.222 e. The zero-order valence-corrected chi connectivity index (χ0v) is 24.7. The van der Waals surface area contributed by atoms with Gasteiger partial charge in [-0.1, -0.05) is 88.0 Å². The molecule has 0 aliphatic carbocycles. The highest BCUT2D eigenvalue weighted by atomic mass is 16.5. The van der Waals surface area contributed by atoms with E-state index in [4.69, 9.17) is 9.47 Å². The molecule has 0 aliphatic heterocycles. The summed E-state index contributed by atoms with van der Waals surface area (Å²) in [6, 6.07) is 0. The van der Waals surface area contributed by atoms with Crippen molar-refractivity contribution in [2.24, 2.45) is 41.4 Å². The van der Waals surface area contributed by atoms with E-state index in [2.05, 4.69) is 53.8 Å². The third-order valence-corrected chi connectivity index (χ3v) is 6.93. The van der Waals surface area contributed by atoms with Gasteiger partial charge in [-0.15, -0.1) is 0 Å². The third kappa shape index (κ3) is 18.0. The first kappa shape index (κ1) is 34.1. The largest absolute Gasteiger partial charge is 0.379 e. The molecular formula is C30H59NO4. The van der Waals surface area contributed by atoms with Crippen LogP contribution in [0.4, 0.5) is 0 Å². The zero-order valence-electron chi connectivity index (χ0n) is 24.7. The monoisotopic (exact) mass is 497 g/mol. The molecule has 0 aromatic carbocycles. The van der Waals surface area contributed by atoms with Gasteiger partial charge in [0.15, 0.2) is 0 Å². The summed E-state index contributed by atoms with van der Waals surface area (Å²) in [4.78, 5) is 25.0. The van der Waals surface area contributed by atoms with Gasteiger partial charge in [-0.3, -0.25) is 9.59 Å². The van der Waals surface area contributed by atoms with Crippen LogP contribution in [0.5, 0.6) is 0 Å². The zero-order chi connectivity index (χ0) is 26.8. The molecule has 3 unspecified atom stereocenters. The Morgan fingerprint density at radius 3 is 1.69 bits per heavy atom. The van der Waals surface area contributed by atoms with E-state index < -0.39 is 0 Å². The van der Waals surface area contributed by atoms with Crippen LogP contribution in [-0.4, -0.2) is 44.7 Å². The number of Topliss-reactive ketones (excluding diaryl/α,β-unsaturated/α-hetero) is 1. The van der Waals surface area contributed by atoms with Crippen LogP contribution in [0.15, 0.2) is 0 Å². The van der Waals surface area contributed by atoms with Crippen LogP contribution < -0.4 is 5.32 Å². The van der Waals surface area contributed by atoms with Gasteiger partial charge in [0.25, 0.3) is 0 Å². The molecule has 0 radical (unpaired) electrons. The molecule has 5 heteroatoms. The summed E-state index contributed by atoms with van der Waals surface area (Å²) in [5.41, 5.74) is 0. The van der Waals surface area contributed by atoms with Crippen LogP contribution in [0.25, 0.3) is 0 Å². The average Bonchev–Trinajstić information content (AvgIpc) is 2.77. The van der Waals surface area contributed by atoms with Crippen molar-refractivity contribution in [3.63, 3.8) is 0 Å². The minimum atomic E-state index is -0.0107. The minimum absolute atomic E-state index is 0.0107. The molecule has 0 rings (SSSR count). The second kappa shape index (κ2) is 20.2. The first-order chi connectivity index (χ1) is 16.5. The Bertz CT molecular complexity index is 544. The fraction of sp³-hybridized carbons (Fsp3) is 0.933. The molecule has 0 spiro atoms. The molecule has 3 atom stereocenters. The Hall–Kier alpha value is -0.940. The van der Waals surface area contributed by atoms with Crippen LogP contribution in [-0.2, 0) is 19.1 Å². The van der Waals surface area contributed by atoms with E-state index in [1.807, 2.05) is 13.8 Å². The highest BCUT2D eigenvalue weighted by molar-refractivity contribution is 5.81. The third-order valence-electron chi connectivity index (χ3n) is 6.93. The van der Waals surface area contributed by atoms with Crippen molar-refractivity contribution in [1.29, 1.82) is 0 Å². The van der Waals surface area contributed by atoms with Gasteiger partial charge in [-0.25, -0.2) is 0 Å². The summed E-state index contributed by atoms with van der Waals surface area (Å²) >= 11 is 0. The lowest BCUT2D eigenvalue weighted by atomic mass is 9.71. The van der Waals surface area contributed by atoms with Crippen molar-refractivity contribution in [2.45, 2.75) is 107 Å². The van der Waals surface area contributed by atoms with Crippen molar-refractivity contribution in [2.75, 3.05) is 33.0 Å². The molecule has 0 saturated heterocycles. The van der Waals surface area contributed by atoms with Gasteiger partial charge >= 0.3 is 0 Å². The van der Waals surface area contributed by atoms with Gasteiger partial charge in [-0.2, -0.15) is 0 Å². The van der Waals surface area contributed by atoms with Gasteiger partial charge in [0, 0.05) is 24.8 Å². The van der Waals surface area contributed by atoms with E-state index in [1.165, 1.54) is 19.3 Å². The maximum atomic E-state index is 13.4. The van der Waals surface area contributed by atoms with Gasteiger partial charge in [0.1, 0.15) is 5.78 Å². The topological polar surface area (TPSA) is 64.6 Å². The number of carbonyl (C=O) groups excluding carboxylic acids is 2. The number of carbonyl (C=O) groups is 2. The summed E-state index contributed by atoms with van der Waals surface area (Å²) in [6.45, 7) is 22.2. The number of ketones is 1. The molecule has 0 heterocycles. The van der Waals surface area contributed by atoms with Gasteiger partial charge < -0.3 is 14.8 Å². The SMILES string of the molecule is CC(C)CCC(C)C(CCC(C)C)C(CCC(C)C)C(=O)CCOCCOCCNC(=O)C(C)C. The Morgan fingerprint density at radius 1 is 0.629 bits per heavy atom. The molecule has 1 amide bonds. The molecule has 0 aliphatic rings. The molecule has 0 bridgehead atoms. The number of hydrogen-bond donors (Lipinski definition) is 1. The summed E-state index contributed by atoms with van der Waals surface area (Å²) in [6.07, 6.45) is 7.36. The molecule has 208 valence electrons. The van der Waals surface area contributed by atoms with Crippen molar-refractivity contribution in [3.05, 3.63) is 0 Å². The molecular weight excluding hydrogens is 438 g/mol. The van der Waals surface area contributed by atoms with E-state index >= 15 is 0 Å². The van der Waals surface area contributed by atoms with E-state index in [0.29, 0.717) is 74.8 Å². The first-order valence-corrected chi connectivity index (χ1v) is 14.4. The van der Waals surface area contributed by atoms with E-state index in [9.17, 15) is 9.59 Å². The summed E-state index contributed by atoms with van der Waals surface area (Å²) in [5.74, 6) is 3.57. The molecule has 0 fully saturated rings. The second-order valence-corrected chi connectivity index (χ2v) is 12.0. The van der Waals surface area contributed by atoms with Crippen LogP contribution in [0.3, 0.4) is 0 Å². The van der Waals surface area contributed by atoms with Crippen LogP contribution in [0, 0.1) is 41.4 Å². The highest BCUT2D eigenvalue weighted by Crippen LogP contribution is 2.35. The Morgan fingerprint density at radius 2 is 1.14 bits per heavy atom. The van der Waals surface area contributed by atoms with Gasteiger partial charge in [0.2, 0.25) is 5.91 Å². The molecule has 1 N–H and O–H groups in total. The first-order valence-electron chi connectivity index (χ1n) is 14.4. The predicted octanol–water partition coefficient (Wildman–Crippen LogP) is 6.93. The van der Waals surface area contributed by atoms with Crippen LogP contribution >= 0.6 is 0 Å². The summed E-state index contributed by atoms with van der Waals surface area (Å²) < 4.78 is 11.3. The lowest BCUT2D eigenvalue weighted by Gasteiger charge is -2.33. The van der Waals surface area contributed by atoms with Crippen molar-refractivity contribution < 1.29 is 19.1 Å². The molecule has 35 heavy (non-hydrogen) atoms. The van der Waals surface area contributed by atoms with Crippen LogP contribution in [0.1, 0.15) is 107 Å². The fourth-order valence-electron chi connectivity index (χ4n) is 4.48. The molecule has 5 nitrogen and oxygen atoms in total. The number of rotatable bonds is 22.